The lowest BCUT2D eigenvalue weighted by Gasteiger charge is -2.35. The summed E-state index contributed by atoms with van der Waals surface area (Å²) in [7, 11) is 0. The number of nitrogens with zero attached hydrogens (tertiary/aromatic N) is 2. The fraction of sp³-hybridized carbons (Fsp3) is 0.692. The number of amides is 2. The summed E-state index contributed by atoms with van der Waals surface area (Å²) in [5, 5.41) is 0. The first-order valence-electron chi connectivity index (χ1n) is 6.49. The van der Waals surface area contributed by atoms with Gasteiger partial charge in [0.2, 0.25) is 5.91 Å². The molecule has 0 aromatic carbocycles. The minimum Gasteiger partial charge on any atom is -0.341 e. The van der Waals surface area contributed by atoms with Gasteiger partial charge in [0, 0.05) is 24.4 Å². The summed E-state index contributed by atoms with van der Waals surface area (Å²) in [6.45, 7) is 5.55. The molecule has 18 heavy (non-hydrogen) atoms. The highest BCUT2D eigenvalue weighted by Crippen LogP contribution is 2.25. The van der Waals surface area contributed by atoms with Gasteiger partial charge < -0.3 is 9.80 Å². The van der Waals surface area contributed by atoms with Crippen LogP contribution >= 0.6 is 11.8 Å². The Balaban J connectivity index is 2.04. The first-order valence-corrected chi connectivity index (χ1v) is 7.65. The first kappa shape index (κ1) is 13.5. The maximum Gasteiger partial charge on any atom is 0.250 e. The lowest BCUT2D eigenvalue weighted by molar-refractivity contribution is -0.144. The molecular weight excluding hydrogens is 248 g/mol. The molecule has 0 spiro atoms. The van der Waals surface area contributed by atoms with Crippen LogP contribution in [0.3, 0.4) is 0 Å². The SMILES string of the molecule is CC/C=C(/C)C(=O)N1CSC[C@@H]1C(=O)N1CCC1. The maximum absolute atomic E-state index is 12.3. The lowest BCUT2D eigenvalue weighted by Crippen LogP contribution is -2.53. The van der Waals surface area contributed by atoms with E-state index < -0.39 is 0 Å². The Bertz CT molecular complexity index is 377. The highest BCUT2D eigenvalue weighted by molar-refractivity contribution is 7.99. The van der Waals surface area contributed by atoms with Crippen molar-refractivity contribution in [1.29, 1.82) is 0 Å². The Morgan fingerprint density at radius 1 is 1.39 bits per heavy atom. The van der Waals surface area contributed by atoms with Crippen molar-refractivity contribution in [1.82, 2.24) is 9.80 Å². The second kappa shape index (κ2) is 5.78. The number of hydrogen-bond acceptors (Lipinski definition) is 3. The number of allylic oxidation sites excluding steroid dienone is 1. The highest BCUT2D eigenvalue weighted by Gasteiger charge is 2.38. The van der Waals surface area contributed by atoms with E-state index in [1.165, 1.54) is 0 Å². The minimum absolute atomic E-state index is 0.0146. The summed E-state index contributed by atoms with van der Waals surface area (Å²) in [5.74, 6) is 1.52. The van der Waals surface area contributed by atoms with E-state index in [4.69, 9.17) is 0 Å². The molecular formula is C13H20N2O2S. The number of rotatable bonds is 3. The molecule has 0 saturated carbocycles. The first-order chi connectivity index (χ1) is 8.65. The van der Waals surface area contributed by atoms with Gasteiger partial charge in [-0.15, -0.1) is 11.8 Å². The molecule has 2 heterocycles. The number of thioether (sulfide) groups is 1. The number of carbonyl (C=O) groups excluding carboxylic acids is 2. The van der Waals surface area contributed by atoms with E-state index in [2.05, 4.69) is 0 Å². The van der Waals surface area contributed by atoms with Gasteiger partial charge >= 0.3 is 0 Å². The fourth-order valence-electron chi connectivity index (χ4n) is 2.21. The molecule has 2 saturated heterocycles. The Morgan fingerprint density at radius 3 is 2.67 bits per heavy atom. The molecule has 5 heteroatoms. The predicted octanol–water partition coefficient (Wildman–Crippen LogP) is 1.48. The Kier molecular flexibility index (Phi) is 4.32. The molecule has 0 N–H and O–H groups in total. The van der Waals surface area contributed by atoms with Crippen LogP contribution in [0.15, 0.2) is 11.6 Å². The van der Waals surface area contributed by atoms with Crippen molar-refractivity contribution in [3.8, 4) is 0 Å². The van der Waals surface area contributed by atoms with E-state index >= 15 is 0 Å². The molecule has 2 rings (SSSR count). The normalized spacial score (nSPS) is 24.1. The van der Waals surface area contributed by atoms with E-state index in [1.54, 1.807) is 16.7 Å². The van der Waals surface area contributed by atoms with Gasteiger partial charge in [0.1, 0.15) is 6.04 Å². The molecule has 0 aromatic rings. The van der Waals surface area contributed by atoms with Gasteiger partial charge in [-0.05, 0) is 19.8 Å². The van der Waals surface area contributed by atoms with Gasteiger partial charge in [0.25, 0.3) is 5.91 Å². The third-order valence-corrected chi connectivity index (χ3v) is 4.46. The number of hydrogen-bond donors (Lipinski definition) is 0. The van der Waals surface area contributed by atoms with Crippen molar-refractivity contribution in [3.63, 3.8) is 0 Å². The van der Waals surface area contributed by atoms with Crippen LogP contribution in [0.5, 0.6) is 0 Å². The molecule has 0 aromatic heterocycles. The van der Waals surface area contributed by atoms with Crippen molar-refractivity contribution in [2.24, 2.45) is 0 Å². The van der Waals surface area contributed by atoms with Crippen molar-refractivity contribution in [2.75, 3.05) is 24.7 Å². The minimum atomic E-state index is -0.247. The molecule has 0 bridgehead atoms. The number of carbonyl (C=O) groups is 2. The monoisotopic (exact) mass is 268 g/mol. The fourth-order valence-corrected chi connectivity index (χ4v) is 3.36. The van der Waals surface area contributed by atoms with E-state index in [0.29, 0.717) is 5.88 Å². The van der Waals surface area contributed by atoms with Gasteiger partial charge in [-0.3, -0.25) is 9.59 Å². The largest absolute Gasteiger partial charge is 0.341 e. The van der Waals surface area contributed by atoms with Crippen molar-refractivity contribution in [2.45, 2.75) is 32.7 Å². The summed E-state index contributed by atoms with van der Waals surface area (Å²) in [5.41, 5.74) is 0.751. The zero-order chi connectivity index (χ0) is 13.1. The van der Waals surface area contributed by atoms with Crippen LogP contribution in [0.4, 0.5) is 0 Å². The standard InChI is InChI=1S/C13H20N2O2S/c1-3-5-10(2)12(16)15-9-18-8-11(15)13(17)14-6-4-7-14/h5,11H,3-4,6-9H2,1-2H3/b10-5-/t11-/m1/s1. The van der Waals surface area contributed by atoms with Crippen LogP contribution in [-0.4, -0.2) is 52.4 Å². The number of likely N-dealkylation sites (tertiary alicyclic amines) is 1. The quantitative estimate of drug-likeness (QED) is 0.728. The molecule has 2 fully saturated rings. The predicted molar refractivity (Wildman–Crippen MR) is 73.2 cm³/mol. The van der Waals surface area contributed by atoms with Gasteiger partial charge in [0.15, 0.2) is 0 Å². The van der Waals surface area contributed by atoms with Gasteiger partial charge in [0.05, 0.1) is 5.88 Å². The molecule has 0 radical (unpaired) electrons. The third-order valence-electron chi connectivity index (χ3n) is 3.44. The lowest BCUT2D eigenvalue weighted by atomic mass is 10.1. The van der Waals surface area contributed by atoms with Gasteiger partial charge in [-0.25, -0.2) is 0 Å². The van der Waals surface area contributed by atoms with E-state index in [1.807, 2.05) is 24.8 Å². The zero-order valence-corrected chi connectivity index (χ0v) is 11.8. The molecule has 2 aliphatic heterocycles. The van der Waals surface area contributed by atoms with Crippen LogP contribution in [0.25, 0.3) is 0 Å². The van der Waals surface area contributed by atoms with Gasteiger partial charge in [-0.2, -0.15) is 0 Å². The van der Waals surface area contributed by atoms with Crippen LogP contribution < -0.4 is 0 Å². The zero-order valence-electron chi connectivity index (χ0n) is 11.0. The van der Waals surface area contributed by atoms with Crippen LogP contribution in [0, 0.1) is 0 Å². The second-order valence-corrected chi connectivity index (χ2v) is 5.76. The van der Waals surface area contributed by atoms with Crippen molar-refractivity contribution < 1.29 is 9.59 Å². The third kappa shape index (κ3) is 2.55. The Hall–Kier alpha value is -0.970. The van der Waals surface area contributed by atoms with Crippen molar-refractivity contribution in [3.05, 3.63) is 11.6 Å². The van der Waals surface area contributed by atoms with Gasteiger partial charge in [-0.1, -0.05) is 13.0 Å². The highest BCUT2D eigenvalue weighted by atomic mass is 32.2. The Labute approximate surface area is 112 Å². The van der Waals surface area contributed by atoms with Crippen LogP contribution in [-0.2, 0) is 9.59 Å². The summed E-state index contributed by atoms with van der Waals surface area (Å²) in [6.07, 6.45) is 3.87. The van der Waals surface area contributed by atoms with E-state index in [9.17, 15) is 9.59 Å². The van der Waals surface area contributed by atoms with E-state index in [0.717, 1.165) is 37.3 Å². The maximum atomic E-state index is 12.3. The Morgan fingerprint density at radius 2 is 2.11 bits per heavy atom. The average molecular weight is 268 g/mol. The average Bonchev–Trinajstić information content (AvgIpc) is 2.74. The molecule has 4 nitrogen and oxygen atoms in total. The molecule has 2 amide bonds. The summed E-state index contributed by atoms with van der Waals surface area (Å²) >= 11 is 1.66. The molecule has 0 aliphatic carbocycles. The van der Waals surface area contributed by atoms with Crippen molar-refractivity contribution >= 4 is 23.6 Å². The molecule has 1 atom stereocenters. The molecule has 100 valence electrons. The van der Waals surface area contributed by atoms with Crippen LogP contribution in [0.1, 0.15) is 26.7 Å². The summed E-state index contributed by atoms with van der Waals surface area (Å²) < 4.78 is 0. The smallest absolute Gasteiger partial charge is 0.250 e. The van der Waals surface area contributed by atoms with E-state index in [-0.39, 0.29) is 17.9 Å². The summed E-state index contributed by atoms with van der Waals surface area (Å²) in [4.78, 5) is 28.1. The molecule has 0 unspecified atom stereocenters. The summed E-state index contributed by atoms with van der Waals surface area (Å²) in [6, 6.07) is -0.247. The topological polar surface area (TPSA) is 40.6 Å². The van der Waals surface area contributed by atoms with Crippen LogP contribution in [0.2, 0.25) is 0 Å². The second-order valence-electron chi connectivity index (χ2n) is 4.76. The molecule has 2 aliphatic rings.